The number of nitrogens with zero attached hydrogens (tertiary/aromatic N) is 1. The van der Waals surface area contributed by atoms with Crippen molar-refractivity contribution in [3.05, 3.63) is 60.7 Å². The zero-order valence-corrected chi connectivity index (χ0v) is 13.2. The van der Waals surface area contributed by atoms with E-state index >= 15 is 0 Å². The fraction of sp³-hybridized carbons (Fsp3) is 0.158. The highest BCUT2D eigenvalue weighted by molar-refractivity contribution is 6.10. The summed E-state index contributed by atoms with van der Waals surface area (Å²) in [5.74, 6) is 3.73. The average Bonchev–Trinajstić information content (AvgIpc) is 2.60. The molecule has 1 atom stereocenters. The molecule has 1 amide bonds. The van der Waals surface area contributed by atoms with E-state index in [-0.39, 0.29) is 6.61 Å². The molecular weight excluding hydrogens is 306 g/mol. The number of para-hydroxylation sites is 2. The first-order valence-electron chi connectivity index (χ1n) is 7.37. The van der Waals surface area contributed by atoms with E-state index in [0.29, 0.717) is 11.4 Å². The number of benzene rings is 2. The van der Waals surface area contributed by atoms with Gasteiger partial charge in [-0.2, -0.15) is 0 Å². The molecule has 2 rings (SSSR count). The molecule has 0 aromatic heterocycles. The second-order valence-corrected chi connectivity index (χ2v) is 4.90. The molecule has 0 saturated carbocycles. The van der Waals surface area contributed by atoms with Gasteiger partial charge < -0.3 is 9.84 Å². The number of esters is 1. The molecule has 122 valence electrons. The van der Waals surface area contributed by atoms with Crippen LogP contribution in [-0.4, -0.2) is 29.7 Å². The standard InChI is InChI=1S/C19H17NO4/c1-15(21)19(23)24-14-8-13-18(22)20(16-9-4-2-5-10-16)17-11-6-3-7-12-17/h2-7,9-12,15,21H,14H2,1H3. The van der Waals surface area contributed by atoms with Gasteiger partial charge >= 0.3 is 11.9 Å². The van der Waals surface area contributed by atoms with Gasteiger partial charge in [0.25, 0.3) is 0 Å². The van der Waals surface area contributed by atoms with Gasteiger partial charge in [-0.05, 0) is 37.1 Å². The SMILES string of the molecule is CC(O)C(=O)OCC#CC(=O)N(c1ccccc1)c1ccccc1. The molecule has 0 bridgehead atoms. The van der Waals surface area contributed by atoms with Crippen molar-refractivity contribution >= 4 is 23.3 Å². The minimum atomic E-state index is -1.22. The summed E-state index contributed by atoms with van der Waals surface area (Å²) in [6.45, 7) is 1.04. The van der Waals surface area contributed by atoms with E-state index < -0.39 is 18.0 Å². The lowest BCUT2D eigenvalue weighted by Crippen LogP contribution is -2.24. The number of anilines is 2. The molecule has 0 fully saturated rings. The molecule has 0 aliphatic heterocycles. The zero-order chi connectivity index (χ0) is 17.4. The van der Waals surface area contributed by atoms with Gasteiger partial charge in [-0.1, -0.05) is 42.3 Å². The van der Waals surface area contributed by atoms with Crippen molar-refractivity contribution in [3.63, 3.8) is 0 Å². The summed E-state index contributed by atoms with van der Waals surface area (Å²) >= 11 is 0. The van der Waals surface area contributed by atoms with Gasteiger partial charge in [0.2, 0.25) is 0 Å². The Balaban J connectivity index is 2.17. The molecule has 0 spiro atoms. The highest BCUT2D eigenvalue weighted by Crippen LogP contribution is 2.24. The number of hydrogen-bond donors (Lipinski definition) is 1. The molecule has 24 heavy (non-hydrogen) atoms. The summed E-state index contributed by atoms with van der Waals surface area (Å²) < 4.78 is 4.71. The van der Waals surface area contributed by atoms with Crippen molar-refractivity contribution in [1.29, 1.82) is 0 Å². The van der Waals surface area contributed by atoms with Crippen molar-refractivity contribution in [2.75, 3.05) is 11.5 Å². The maximum absolute atomic E-state index is 12.5. The summed E-state index contributed by atoms with van der Waals surface area (Å²) in [4.78, 5) is 25.1. The van der Waals surface area contributed by atoms with E-state index in [9.17, 15) is 9.59 Å². The monoisotopic (exact) mass is 323 g/mol. The van der Waals surface area contributed by atoms with Crippen molar-refractivity contribution in [2.24, 2.45) is 0 Å². The van der Waals surface area contributed by atoms with Crippen LogP contribution in [-0.2, 0) is 14.3 Å². The van der Waals surface area contributed by atoms with Gasteiger partial charge in [0, 0.05) is 11.4 Å². The minimum Gasteiger partial charge on any atom is -0.451 e. The second-order valence-electron chi connectivity index (χ2n) is 4.90. The van der Waals surface area contributed by atoms with Crippen molar-refractivity contribution in [3.8, 4) is 11.8 Å². The largest absolute Gasteiger partial charge is 0.451 e. The summed E-state index contributed by atoms with van der Waals surface area (Å²) in [5, 5.41) is 9.02. The van der Waals surface area contributed by atoms with Crippen molar-refractivity contribution in [1.82, 2.24) is 0 Å². The molecule has 0 saturated heterocycles. The Morgan fingerprint density at radius 2 is 1.54 bits per heavy atom. The Morgan fingerprint density at radius 3 is 2.00 bits per heavy atom. The third-order valence-corrected chi connectivity index (χ3v) is 3.05. The fourth-order valence-electron chi connectivity index (χ4n) is 1.93. The van der Waals surface area contributed by atoms with Crippen LogP contribution in [0.3, 0.4) is 0 Å². The quantitative estimate of drug-likeness (QED) is 0.692. The van der Waals surface area contributed by atoms with E-state index in [1.54, 1.807) is 24.3 Å². The summed E-state index contributed by atoms with van der Waals surface area (Å²) in [6, 6.07) is 18.3. The number of aliphatic hydroxyl groups excluding tert-OH is 1. The third-order valence-electron chi connectivity index (χ3n) is 3.05. The van der Waals surface area contributed by atoms with Gasteiger partial charge in [0.15, 0.2) is 6.61 Å². The van der Waals surface area contributed by atoms with Crippen LogP contribution in [0.5, 0.6) is 0 Å². The van der Waals surface area contributed by atoms with Gasteiger partial charge in [0.05, 0.1) is 0 Å². The minimum absolute atomic E-state index is 0.257. The zero-order valence-electron chi connectivity index (χ0n) is 13.2. The maximum Gasteiger partial charge on any atom is 0.335 e. The summed E-state index contributed by atoms with van der Waals surface area (Å²) in [7, 11) is 0. The van der Waals surface area contributed by atoms with E-state index in [1.807, 2.05) is 36.4 Å². The number of hydrogen-bond acceptors (Lipinski definition) is 4. The Hall–Kier alpha value is -3.10. The van der Waals surface area contributed by atoms with Crippen LogP contribution in [0.25, 0.3) is 0 Å². The van der Waals surface area contributed by atoms with Gasteiger partial charge in [-0.3, -0.25) is 9.69 Å². The number of carbonyl (C=O) groups excluding carboxylic acids is 2. The lowest BCUT2D eigenvalue weighted by Gasteiger charge is -2.20. The lowest BCUT2D eigenvalue weighted by molar-refractivity contribution is -0.150. The van der Waals surface area contributed by atoms with Crippen molar-refractivity contribution < 1.29 is 19.4 Å². The molecule has 0 radical (unpaired) electrons. The van der Waals surface area contributed by atoms with E-state index in [2.05, 4.69) is 11.8 Å². The normalized spacial score (nSPS) is 10.9. The molecular formula is C19H17NO4. The number of ether oxygens (including phenoxy) is 1. The Morgan fingerprint density at radius 1 is 1.04 bits per heavy atom. The summed E-state index contributed by atoms with van der Waals surface area (Å²) in [6.07, 6.45) is -1.22. The van der Waals surface area contributed by atoms with Crippen LogP contribution in [0, 0.1) is 11.8 Å². The molecule has 2 aromatic rings. The summed E-state index contributed by atoms with van der Waals surface area (Å²) in [5.41, 5.74) is 1.37. The first-order chi connectivity index (χ1) is 11.6. The molecule has 2 aromatic carbocycles. The van der Waals surface area contributed by atoms with Gasteiger partial charge in [-0.15, -0.1) is 0 Å². The van der Waals surface area contributed by atoms with Crippen LogP contribution in [0.4, 0.5) is 11.4 Å². The molecule has 5 nitrogen and oxygen atoms in total. The molecule has 5 heteroatoms. The number of amides is 1. The number of rotatable bonds is 4. The van der Waals surface area contributed by atoms with E-state index in [0.717, 1.165) is 0 Å². The first-order valence-corrected chi connectivity index (χ1v) is 7.37. The molecule has 1 unspecified atom stereocenters. The second kappa shape index (κ2) is 8.51. The first kappa shape index (κ1) is 17.3. The molecule has 0 heterocycles. The van der Waals surface area contributed by atoms with Crippen molar-refractivity contribution in [2.45, 2.75) is 13.0 Å². The van der Waals surface area contributed by atoms with Crippen LogP contribution < -0.4 is 4.90 Å². The topological polar surface area (TPSA) is 66.8 Å². The Kier molecular flexibility index (Phi) is 6.12. The van der Waals surface area contributed by atoms with Crippen LogP contribution >= 0.6 is 0 Å². The highest BCUT2D eigenvalue weighted by atomic mass is 16.5. The molecule has 1 N–H and O–H groups in total. The van der Waals surface area contributed by atoms with E-state index in [1.165, 1.54) is 11.8 Å². The van der Waals surface area contributed by atoms with Crippen LogP contribution in [0.1, 0.15) is 6.92 Å². The fourth-order valence-corrected chi connectivity index (χ4v) is 1.93. The molecule has 0 aliphatic carbocycles. The van der Waals surface area contributed by atoms with Crippen LogP contribution in [0.15, 0.2) is 60.7 Å². The molecule has 0 aliphatic rings. The third kappa shape index (κ3) is 4.70. The smallest absolute Gasteiger partial charge is 0.335 e. The Bertz CT molecular complexity index is 706. The van der Waals surface area contributed by atoms with Gasteiger partial charge in [-0.25, -0.2) is 4.79 Å². The average molecular weight is 323 g/mol. The Labute approximate surface area is 140 Å². The highest BCUT2D eigenvalue weighted by Gasteiger charge is 2.15. The van der Waals surface area contributed by atoms with Gasteiger partial charge in [0.1, 0.15) is 6.10 Å². The predicted molar refractivity (Wildman–Crippen MR) is 90.4 cm³/mol. The number of aliphatic hydroxyl groups is 1. The lowest BCUT2D eigenvalue weighted by atomic mass is 10.2. The van der Waals surface area contributed by atoms with E-state index in [4.69, 9.17) is 9.84 Å². The predicted octanol–water partition coefficient (Wildman–Crippen LogP) is 2.28. The maximum atomic E-state index is 12.5. The number of carbonyl (C=O) groups is 2. The van der Waals surface area contributed by atoms with Crippen LogP contribution in [0.2, 0.25) is 0 Å².